The Morgan fingerprint density at radius 2 is 2.04 bits per heavy atom. The molecular formula is C20H36N6O2. The van der Waals surface area contributed by atoms with E-state index in [1.54, 1.807) is 25.3 Å². The largest absolute Gasteiger partial charge is 0.385 e. The molecule has 0 atom stereocenters. The molecule has 0 radical (unpaired) electrons. The molecule has 0 saturated heterocycles. The van der Waals surface area contributed by atoms with E-state index >= 15 is 0 Å². The zero-order chi connectivity index (χ0) is 20.6. The molecule has 1 amide bonds. The second kappa shape index (κ2) is 14.8. The number of nitrogens with zero attached hydrogens (tertiary/aromatic N) is 4. The molecule has 2 N–H and O–H groups in total. The average Bonchev–Trinajstić information content (AvgIpc) is 2.71. The number of amides is 1. The summed E-state index contributed by atoms with van der Waals surface area (Å²) in [5, 5.41) is 6.46. The normalized spacial score (nSPS) is 11.5. The van der Waals surface area contributed by atoms with E-state index in [2.05, 4.69) is 32.6 Å². The minimum atomic E-state index is -0.00943. The van der Waals surface area contributed by atoms with Crippen LogP contribution < -0.4 is 10.6 Å². The molecule has 1 rings (SSSR count). The van der Waals surface area contributed by atoms with Gasteiger partial charge in [-0.2, -0.15) is 0 Å². The Bertz CT molecular complexity index is 567. The summed E-state index contributed by atoms with van der Waals surface area (Å²) in [6.45, 7) is 6.93. The van der Waals surface area contributed by atoms with Crippen molar-refractivity contribution < 1.29 is 9.53 Å². The molecule has 1 heterocycles. The first kappa shape index (κ1) is 23.8. The third kappa shape index (κ3) is 10.8. The van der Waals surface area contributed by atoms with E-state index in [9.17, 15) is 4.79 Å². The van der Waals surface area contributed by atoms with Crippen molar-refractivity contribution in [1.82, 2.24) is 25.4 Å². The maximum atomic E-state index is 12.3. The first-order chi connectivity index (χ1) is 13.6. The number of pyridine rings is 1. The molecule has 0 saturated carbocycles. The van der Waals surface area contributed by atoms with Crippen LogP contribution in [0.15, 0.2) is 29.4 Å². The molecule has 8 nitrogen and oxygen atoms in total. The standard InChI is InChI=1S/C20H36N6O2/c1-5-21-20(23-12-15-25(2)13-8-16-28-4)24-17-19(27)26(3)14-10-18-9-6-7-11-22-18/h6-7,9,11H,5,8,10,12-17H2,1-4H3,(H2,21,23,24). The van der Waals surface area contributed by atoms with Crippen LogP contribution in [0.1, 0.15) is 19.0 Å². The lowest BCUT2D eigenvalue weighted by atomic mass is 10.2. The van der Waals surface area contributed by atoms with Crippen LogP contribution in [0, 0.1) is 0 Å². The maximum absolute atomic E-state index is 12.3. The topological polar surface area (TPSA) is 82.1 Å². The molecule has 1 aromatic heterocycles. The second-order valence-corrected chi connectivity index (χ2v) is 6.66. The molecule has 8 heteroatoms. The van der Waals surface area contributed by atoms with Crippen LogP contribution in [0.5, 0.6) is 0 Å². The summed E-state index contributed by atoms with van der Waals surface area (Å²) in [7, 11) is 5.61. The van der Waals surface area contributed by atoms with Gasteiger partial charge in [-0.15, -0.1) is 0 Å². The van der Waals surface area contributed by atoms with E-state index in [0.717, 1.165) is 51.3 Å². The summed E-state index contributed by atoms with van der Waals surface area (Å²) >= 11 is 0. The van der Waals surface area contributed by atoms with Crippen molar-refractivity contribution in [2.75, 3.05) is 67.1 Å². The van der Waals surface area contributed by atoms with Gasteiger partial charge in [-0.05, 0) is 32.5 Å². The van der Waals surface area contributed by atoms with Crippen molar-refractivity contribution >= 4 is 11.9 Å². The highest BCUT2D eigenvalue weighted by molar-refractivity contribution is 5.84. The number of likely N-dealkylation sites (N-methyl/N-ethyl adjacent to an activating group) is 2. The molecule has 28 heavy (non-hydrogen) atoms. The SMILES string of the molecule is CCNC(=NCC(=O)N(C)CCc1ccccn1)NCCN(C)CCCOC. The number of hydrogen-bond donors (Lipinski definition) is 2. The van der Waals surface area contributed by atoms with E-state index in [4.69, 9.17) is 4.74 Å². The summed E-state index contributed by atoms with van der Waals surface area (Å²) in [6, 6.07) is 5.81. The van der Waals surface area contributed by atoms with Gasteiger partial charge >= 0.3 is 0 Å². The number of rotatable bonds is 13. The van der Waals surface area contributed by atoms with Gasteiger partial charge in [0.2, 0.25) is 5.91 Å². The summed E-state index contributed by atoms with van der Waals surface area (Å²) in [5.74, 6) is 0.657. The number of carbonyl (C=O) groups excluding carboxylic acids is 1. The smallest absolute Gasteiger partial charge is 0.244 e. The van der Waals surface area contributed by atoms with Gasteiger partial charge in [0.15, 0.2) is 5.96 Å². The number of hydrogen-bond acceptors (Lipinski definition) is 5. The Hall–Kier alpha value is -2.19. The first-order valence-corrected chi connectivity index (χ1v) is 9.90. The minimum absolute atomic E-state index is 0.00943. The van der Waals surface area contributed by atoms with Crippen LogP contribution in [-0.2, 0) is 16.0 Å². The Morgan fingerprint density at radius 1 is 1.21 bits per heavy atom. The van der Waals surface area contributed by atoms with Gasteiger partial charge < -0.3 is 25.2 Å². The number of guanidine groups is 1. The fraction of sp³-hybridized carbons (Fsp3) is 0.650. The van der Waals surface area contributed by atoms with Crippen LogP contribution in [-0.4, -0.2) is 93.7 Å². The fourth-order valence-electron chi connectivity index (χ4n) is 2.52. The van der Waals surface area contributed by atoms with Crippen molar-refractivity contribution in [3.8, 4) is 0 Å². The Morgan fingerprint density at radius 3 is 2.71 bits per heavy atom. The number of nitrogens with one attached hydrogen (secondary N) is 2. The highest BCUT2D eigenvalue weighted by Gasteiger charge is 2.09. The average molecular weight is 393 g/mol. The van der Waals surface area contributed by atoms with Crippen molar-refractivity contribution in [2.24, 2.45) is 4.99 Å². The van der Waals surface area contributed by atoms with Gasteiger partial charge in [-0.25, -0.2) is 4.99 Å². The molecule has 0 spiro atoms. The van der Waals surface area contributed by atoms with Crippen LogP contribution in [0.25, 0.3) is 0 Å². The zero-order valence-corrected chi connectivity index (χ0v) is 17.8. The number of aromatic nitrogens is 1. The van der Waals surface area contributed by atoms with Gasteiger partial charge in [0.05, 0.1) is 0 Å². The Balaban J connectivity index is 2.35. The summed E-state index contributed by atoms with van der Waals surface area (Å²) in [4.78, 5) is 25.0. The third-order valence-electron chi connectivity index (χ3n) is 4.25. The quantitative estimate of drug-likeness (QED) is 0.291. The highest BCUT2D eigenvalue weighted by Crippen LogP contribution is 1.97. The Kier molecular flexibility index (Phi) is 12.6. The van der Waals surface area contributed by atoms with Gasteiger partial charge in [-0.3, -0.25) is 9.78 Å². The van der Waals surface area contributed by atoms with Gasteiger partial charge in [0, 0.05) is 71.8 Å². The fourth-order valence-corrected chi connectivity index (χ4v) is 2.52. The van der Waals surface area contributed by atoms with Gasteiger partial charge in [-0.1, -0.05) is 6.07 Å². The van der Waals surface area contributed by atoms with E-state index in [0.29, 0.717) is 12.5 Å². The van der Waals surface area contributed by atoms with Crippen LogP contribution in [0.3, 0.4) is 0 Å². The molecular weight excluding hydrogens is 356 g/mol. The van der Waals surface area contributed by atoms with E-state index < -0.39 is 0 Å². The lowest BCUT2D eigenvalue weighted by molar-refractivity contribution is -0.128. The lowest BCUT2D eigenvalue weighted by Crippen LogP contribution is -2.42. The summed E-state index contributed by atoms with van der Waals surface area (Å²) in [5.41, 5.74) is 0.982. The monoisotopic (exact) mass is 392 g/mol. The number of carbonyl (C=O) groups is 1. The molecule has 0 aromatic carbocycles. The molecule has 0 aliphatic carbocycles. The molecule has 0 aliphatic rings. The molecule has 0 unspecified atom stereocenters. The third-order valence-corrected chi connectivity index (χ3v) is 4.25. The number of aliphatic imine (C=N–C) groups is 1. The van der Waals surface area contributed by atoms with Crippen LogP contribution in [0.2, 0.25) is 0 Å². The van der Waals surface area contributed by atoms with E-state index in [-0.39, 0.29) is 12.5 Å². The predicted molar refractivity (Wildman–Crippen MR) is 114 cm³/mol. The van der Waals surface area contributed by atoms with E-state index in [1.807, 2.05) is 25.1 Å². The van der Waals surface area contributed by atoms with Crippen molar-refractivity contribution in [2.45, 2.75) is 19.8 Å². The van der Waals surface area contributed by atoms with Crippen LogP contribution in [0.4, 0.5) is 0 Å². The zero-order valence-electron chi connectivity index (χ0n) is 17.8. The predicted octanol–water partition coefficient (Wildman–Crippen LogP) is 0.606. The van der Waals surface area contributed by atoms with Crippen molar-refractivity contribution in [3.63, 3.8) is 0 Å². The molecule has 0 aliphatic heterocycles. The molecule has 0 fully saturated rings. The summed E-state index contributed by atoms with van der Waals surface area (Å²) in [6.07, 6.45) is 3.52. The van der Waals surface area contributed by atoms with E-state index in [1.165, 1.54) is 0 Å². The van der Waals surface area contributed by atoms with Crippen molar-refractivity contribution in [3.05, 3.63) is 30.1 Å². The molecule has 1 aromatic rings. The maximum Gasteiger partial charge on any atom is 0.244 e. The van der Waals surface area contributed by atoms with Crippen molar-refractivity contribution in [1.29, 1.82) is 0 Å². The number of ether oxygens (including phenoxy) is 1. The second-order valence-electron chi connectivity index (χ2n) is 6.66. The molecule has 158 valence electrons. The molecule has 0 bridgehead atoms. The first-order valence-electron chi connectivity index (χ1n) is 9.90. The van der Waals surface area contributed by atoms with Gasteiger partial charge in [0.25, 0.3) is 0 Å². The van der Waals surface area contributed by atoms with Crippen LogP contribution >= 0.6 is 0 Å². The summed E-state index contributed by atoms with van der Waals surface area (Å²) < 4.78 is 5.07. The highest BCUT2D eigenvalue weighted by atomic mass is 16.5. The number of methoxy groups -OCH3 is 1. The van der Waals surface area contributed by atoms with Gasteiger partial charge in [0.1, 0.15) is 6.54 Å². The Labute approximate surface area is 169 Å². The lowest BCUT2D eigenvalue weighted by Gasteiger charge is -2.19. The minimum Gasteiger partial charge on any atom is -0.385 e.